The molecule has 1 amide bonds. The summed E-state index contributed by atoms with van der Waals surface area (Å²) in [6, 6.07) is 3.70. The average molecular weight is 318 g/mol. The molecule has 1 saturated heterocycles. The molecule has 0 radical (unpaired) electrons. The molecule has 112 valence electrons. The minimum Gasteiger partial charge on any atom is -0.376 e. The SMILES string of the molecule is CC(OCC1CCCO1)C(=O)NC(C)c1ccc(Cl)s1. The normalized spacial score (nSPS) is 21.6. The zero-order valence-corrected chi connectivity index (χ0v) is 13.3. The van der Waals surface area contributed by atoms with E-state index in [-0.39, 0.29) is 18.1 Å². The van der Waals surface area contributed by atoms with Gasteiger partial charge in [0.2, 0.25) is 5.91 Å². The number of amides is 1. The Kier molecular flexibility index (Phi) is 5.84. The van der Waals surface area contributed by atoms with Gasteiger partial charge in [-0.1, -0.05) is 11.6 Å². The van der Waals surface area contributed by atoms with Crippen LogP contribution in [0.4, 0.5) is 0 Å². The predicted molar refractivity (Wildman–Crippen MR) is 80.3 cm³/mol. The predicted octanol–water partition coefficient (Wildman–Crippen LogP) is 3.16. The molecular weight excluding hydrogens is 298 g/mol. The van der Waals surface area contributed by atoms with Crippen LogP contribution >= 0.6 is 22.9 Å². The Balaban J connectivity index is 1.75. The number of rotatable bonds is 6. The molecule has 20 heavy (non-hydrogen) atoms. The molecule has 2 rings (SSSR count). The molecule has 1 aliphatic heterocycles. The summed E-state index contributed by atoms with van der Waals surface area (Å²) in [6.07, 6.45) is 1.75. The zero-order valence-electron chi connectivity index (χ0n) is 11.7. The molecule has 1 N–H and O–H groups in total. The van der Waals surface area contributed by atoms with E-state index in [1.807, 2.05) is 19.1 Å². The largest absolute Gasteiger partial charge is 0.376 e. The first-order chi connectivity index (χ1) is 9.56. The molecule has 1 aromatic heterocycles. The number of carbonyl (C=O) groups excluding carboxylic acids is 1. The maximum atomic E-state index is 12.0. The van der Waals surface area contributed by atoms with E-state index in [1.165, 1.54) is 11.3 Å². The first-order valence-corrected chi connectivity index (χ1v) is 8.04. The van der Waals surface area contributed by atoms with Crippen LogP contribution < -0.4 is 5.32 Å². The molecule has 1 fully saturated rings. The Morgan fingerprint density at radius 1 is 1.60 bits per heavy atom. The number of hydrogen-bond donors (Lipinski definition) is 1. The lowest BCUT2D eigenvalue weighted by Crippen LogP contribution is -2.37. The molecule has 0 bridgehead atoms. The van der Waals surface area contributed by atoms with Gasteiger partial charge in [-0.25, -0.2) is 0 Å². The lowest BCUT2D eigenvalue weighted by molar-refractivity contribution is -0.134. The van der Waals surface area contributed by atoms with Gasteiger partial charge in [0.1, 0.15) is 6.10 Å². The molecule has 2 heterocycles. The summed E-state index contributed by atoms with van der Waals surface area (Å²) in [6.45, 7) is 4.98. The molecule has 0 spiro atoms. The van der Waals surface area contributed by atoms with Crippen LogP contribution in [0.5, 0.6) is 0 Å². The van der Waals surface area contributed by atoms with Gasteiger partial charge in [0.25, 0.3) is 0 Å². The van der Waals surface area contributed by atoms with E-state index in [0.717, 1.165) is 28.7 Å². The van der Waals surface area contributed by atoms with Crippen LogP contribution in [0.25, 0.3) is 0 Å². The van der Waals surface area contributed by atoms with Crippen LogP contribution in [-0.2, 0) is 14.3 Å². The van der Waals surface area contributed by atoms with E-state index < -0.39 is 6.10 Å². The van der Waals surface area contributed by atoms with E-state index >= 15 is 0 Å². The number of nitrogens with one attached hydrogen (secondary N) is 1. The van der Waals surface area contributed by atoms with Gasteiger partial charge in [-0.3, -0.25) is 4.79 Å². The summed E-state index contributed by atoms with van der Waals surface area (Å²) < 4.78 is 11.8. The second-order valence-corrected chi connectivity index (χ2v) is 6.73. The average Bonchev–Trinajstić information content (AvgIpc) is 3.06. The summed E-state index contributed by atoms with van der Waals surface area (Å²) in [5.74, 6) is -0.111. The number of halogens is 1. The van der Waals surface area contributed by atoms with Gasteiger partial charge in [0.15, 0.2) is 0 Å². The Morgan fingerprint density at radius 2 is 2.40 bits per heavy atom. The zero-order chi connectivity index (χ0) is 14.5. The first kappa shape index (κ1) is 15.8. The maximum absolute atomic E-state index is 12.0. The molecule has 0 aliphatic carbocycles. The van der Waals surface area contributed by atoms with Crippen LogP contribution in [-0.4, -0.2) is 31.3 Å². The quantitative estimate of drug-likeness (QED) is 0.876. The Morgan fingerprint density at radius 3 is 3.00 bits per heavy atom. The summed E-state index contributed by atoms with van der Waals surface area (Å²) in [4.78, 5) is 13.1. The van der Waals surface area contributed by atoms with Crippen molar-refractivity contribution in [1.82, 2.24) is 5.32 Å². The highest BCUT2D eigenvalue weighted by atomic mass is 35.5. The molecule has 1 aliphatic rings. The number of hydrogen-bond acceptors (Lipinski definition) is 4. The third-order valence-electron chi connectivity index (χ3n) is 3.30. The van der Waals surface area contributed by atoms with Gasteiger partial charge in [0, 0.05) is 11.5 Å². The van der Waals surface area contributed by atoms with Crippen LogP contribution in [0.3, 0.4) is 0 Å². The monoisotopic (exact) mass is 317 g/mol. The van der Waals surface area contributed by atoms with Gasteiger partial charge < -0.3 is 14.8 Å². The van der Waals surface area contributed by atoms with Crippen molar-refractivity contribution in [2.75, 3.05) is 13.2 Å². The molecule has 3 unspecified atom stereocenters. The molecule has 0 saturated carbocycles. The van der Waals surface area contributed by atoms with Gasteiger partial charge in [-0.15, -0.1) is 11.3 Å². The van der Waals surface area contributed by atoms with E-state index in [4.69, 9.17) is 21.1 Å². The molecule has 3 atom stereocenters. The third kappa shape index (κ3) is 4.45. The van der Waals surface area contributed by atoms with E-state index in [2.05, 4.69) is 5.32 Å². The fourth-order valence-corrected chi connectivity index (χ4v) is 3.13. The van der Waals surface area contributed by atoms with Crippen molar-refractivity contribution in [2.24, 2.45) is 0 Å². The second-order valence-electron chi connectivity index (χ2n) is 4.98. The number of carbonyl (C=O) groups is 1. The summed E-state index contributed by atoms with van der Waals surface area (Å²) >= 11 is 7.37. The minimum atomic E-state index is -0.475. The van der Waals surface area contributed by atoms with Gasteiger partial charge in [-0.05, 0) is 38.8 Å². The number of thiophene rings is 1. The Hall–Kier alpha value is -0.620. The smallest absolute Gasteiger partial charge is 0.249 e. The van der Waals surface area contributed by atoms with Crippen LogP contribution in [0, 0.1) is 0 Å². The van der Waals surface area contributed by atoms with Crippen molar-refractivity contribution in [3.63, 3.8) is 0 Å². The Labute approximate surface area is 128 Å². The van der Waals surface area contributed by atoms with Crippen molar-refractivity contribution in [3.05, 3.63) is 21.3 Å². The van der Waals surface area contributed by atoms with E-state index in [0.29, 0.717) is 6.61 Å². The standard InChI is InChI=1S/C14H20ClNO3S/c1-9(12-5-6-13(15)20-12)16-14(17)10(2)19-8-11-4-3-7-18-11/h5-6,9-11H,3-4,7-8H2,1-2H3,(H,16,17). The van der Waals surface area contributed by atoms with Crippen molar-refractivity contribution in [3.8, 4) is 0 Å². The van der Waals surface area contributed by atoms with Gasteiger partial charge in [-0.2, -0.15) is 0 Å². The van der Waals surface area contributed by atoms with Crippen LogP contribution in [0.1, 0.15) is 37.6 Å². The summed E-state index contributed by atoms with van der Waals surface area (Å²) in [5, 5.41) is 2.93. The summed E-state index contributed by atoms with van der Waals surface area (Å²) in [7, 11) is 0. The molecule has 0 aromatic carbocycles. The highest BCUT2D eigenvalue weighted by Crippen LogP contribution is 2.26. The molecule has 1 aromatic rings. The fraction of sp³-hybridized carbons (Fsp3) is 0.643. The van der Waals surface area contributed by atoms with Crippen molar-refractivity contribution >= 4 is 28.8 Å². The maximum Gasteiger partial charge on any atom is 0.249 e. The van der Waals surface area contributed by atoms with Crippen molar-refractivity contribution in [1.29, 1.82) is 0 Å². The molecular formula is C14H20ClNO3S. The van der Waals surface area contributed by atoms with Crippen molar-refractivity contribution in [2.45, 2.75) is 44.9 Å². The second kappa shape index (κ2) is 7.41. The van der Waals surface area contributed by atoms with E-state index in [1.54, 1.807) is 6.92 Å². The van der Waals surface area contributed by atoms with Gasteiger partial charge >= 0.3 is 0 Å². The lowest BCUT2D eigenvalue weighted by atomic mass is 10.2. The van der Waals surface area contributed by atoms with Crippen LogP contribution in [0.2, 0.25) is 4.34 Å². The fourth-order valence-electron chi connectivity index (χ4n) is 2.07. The van der Waals surface area contributed by atoms with Crippen molar-refractivity contribution < 1.29 is 14.3 Å². The van der Waals surface area contributed by atoms with Crippen LogP contribution in [0.15, 0.2) is 12.1 Å². The lowest BCUT2D eigenvalue weighted by Gasteiger charge is -2.18. The third-order valence-corrected chi connectivity index (χ3v) is 4.72. The van der Waals surface area contributed by atoms with E-state index in [9.17, 15) is 4.79 Å². The highest BCUT2D eigenvalue weighted by molar-refractivity contribution is 7.16. The highest BCUT2D eigenvalue weighted by Gasteiger charge is 2.21. The first-order valence-electron chi connectivity index (χ1n) is 6.85. The topological polar surface area (TPSA) is 47.6 Å². The number of ether oxygens (including phenoxy) is 2. The molecule has 6 heteroatoms. The van der Waals surface area contributed by atoms with Gasteiger partial charge in [0.05, 0.1) is 23.1 Å². The molecule has 4 nitrogen and oxygen atoms in total. The Bertz CT molecular complexity index is 445. The minimum absolute atomic E-state index is 0.0613. The summed E-state index contributed by atoms with van der Waals surface area (Å²) in [5.41, 5.74) is 0.